The summed E-state index contributed by atoms with van der Waals surface area (Å²) < 4.78 is 27.7. The molecule has 0 radical (unpaired) electrons. The van der Waals surface area contributed by atoms with E-state index in [4.69, 9.17) is 0 Å². The van der Waals surface area contributed by atoms with E-state index in [0.717, 1.165) is 18.4 Å². The Morgan fingerprint density at radius 3 is 2.75 bits per heavy atom. The molecule has 1 atom stereocenters. The third-order valence-electron chi connectivity index (χ3n) is 4.29. The highest BCUT2D eigenvalue weighted by Crippen LogP contribution is 2.21. The molecule has 2 aromatic rings. The third-order valence-corrected chi connectivity index (χ3v) is 4.29. The SMILES string of the molecule is Cc1ccc(F)c(NC2CCCN(C(=O)c3ccccc3F)C2)c1. The van der Waals surface area contributed by atoms with Crippen molar-refractivity contribution in [1.82, 2.24) is 4.90 Å². The van der Waals surface area contributed by atoms with Gasteiger partial charge >= 0.3 is 0 Å². The lowest BCUT2D eigenvalue weighted by Crippen LogP contribution is -2.45. The number of carbonyl (C=O) groups excluding carboxylic acids is 1. The number of likely N-dealkylation sites (tertiary alicyclic amines) is 1. The summed E-state index contributed by atoms with van der Waals surface area (Å²) >= 11 is 0. The molecule has 0 spiro atoms. The highest BCUT2D eigenvalue weighted by Gasteiger charge is 2.26. The van der Waals surface area contributed by atoms with Crippen LogP contribution in [0, 0.1) is 18.6 Å². The third kappa shape index (κ3) is 3.55. The first-order valence-corrected chi connectivity index (χ1v) is 8.11. The fourth-order valence-electron chi connectivity index (χ4n) is 3.05. The first kappa shape index (κ1) is 16.4. The Morgan fingerprint density at radius 1 is 1.17 bits per heavy atom. The van der Waals surface area contributed by atoms with Crippen molar-refractivity contribution >= 4 is 11.6 Å². The summed E-state index contributed by atoms with van der Waals surface area (Å²) in [5, 5.41) is 3.18. The smallest absolute Gasteiger partial charge is 0.256 e. The monoisotopic (exact) mass is 330 g/mol. The van der Waals surface area contributed by atoms with Crippen molar-refractivity contribution in [2.75, 3.05) is 18.4 Å². The zero-order valence-corrected chi connectivity index (χ0v) is 13.6. The van der Waals surface area contributed by atoms with Crippen molar-refractivity contribution in [1.29, 1.82) is 0 Å². The fourth-order valence-corrected chi connectivity index (χ4v) is 3.05. The van der Waals surface area contributed by atoms with Crippen LogP contribution in [-0.2, 0) is 0 Å². The van der Waals surface area contributed by atoms with E-state index in [1.54, 1.807) is 29.2 Å². The molecule has 1 amide bonds. The zero-order valence-electron chi connectivity index (χ0n) is 13.6. The van der Waals surface area contributed by atoms with Crippen LogP contribution in [0.3, 0.4) is 0 Å². The highest BCUT2D eigenvalue weighted by atomic mass is 19.1. The van der Waals surface area contributed by atoms with Gasteiger partial charge in [-0.2, -0.15) is 0 Å². The number of rotatable bonds is 3. The number of hydrogen-bond donors (Lipinski definition) is 1. The van der Waals surface area contributed by atoms with Gasteiger partial charge in [-0.1, -0.05) is 18.2 Å². The number of aryl methyl sites for hydroxylation is 1. The average molecular weight is 330 g/mol. The number of hydrogen-bond acceptors (Lipinski definition) is 2. The number of amides is 1. The maximum absolute atomic E-state index is 13.9. The molecule has 2 aromatic carbocycles. The molecular formula is C19H20F2N2O. The summed E-state index contributed by atoms with van der Waals surface area (Å²) in [6, 6.07) is 10.9. The molecule has 126 valence electrons. The Kier molecular flexibility index (Phi) is 4.79. The fraction of sp³-hybridized carbons (Fsp3) is 0.316. The van der Waals surface area contributed by atoms with Crippen LogP contribution in [-0.4, -0.2) is 29.9 Å². The summed E-state index contributed by atoms with van der Waals surface area (Å²) in [6.45, 7) is 2.92. The maximum Gasteiger partial charge on any atom is 0.256 e. The molecule has 3 nitrogen and oxygen atoms in total. The van der Waals surface area contributed by atoms with Gasteiger partial charge in [0.25, 0.3) is 5.91 Å². The number of nitrogens with one attached hydrogen (secondary N) is 1. The van der Waals surface area contributed by atoms with Gasteiger partial charge in [-0.05, 0) is 49.6 Å². The maximum atomic E-state index is 13.9. The predicted octanol–water partition coefficient (Wildman–Crippen LogP) is 3.99. The number of nitrogens with zero attached hydrogens (tertiary/aromatic N) is 1. The van der Waals surface area contributed by atoms with Gasteiger partial charge in [0, 0.05) is 19.1 Å². The molecule has 1 fully saturated rings. The zero-order chi connectivity index (χ0) is 17.1. The Morgan fingerprint density at radius 2 is 1.96 bits per heavy atom. The van der Waals surface area contributed by atoms with Crippen LogP contribution in [0.5, 0.6) is 0 Å². The van der Waals surface area contributed by atoms with Gasteiger partial charge in [0.1, 0.15) is 11.6 Å². The molecule has 1 heterocycles. The number of benzene rings is 2. The second-order valence-corrected chi connectivity index (χ2v) is 6.20. The van der Waals surface area contributed by atoms with E-state index in [9.17, 15) is 13.6 Å². The number of anilines is 1. The Bertz CT molecular complexity index is 748. The molecule has 1 aliphatic heterocycles. The minimum absolute atomic E-state index is 0.0502. The Labute approximate surface area is 140 Å². The van der Waals surface area contributed by atoms with E-state index < -0.39 is 5.82 Å². The van der Waals surface area contributed by atoms with Gasteiger partial charge in [0.15, 0.2) is 0 Å². The minimum atomic E-state index is -0.512. The van der Waals surface area contributed by atoms with Gasteiger partial charge in [-0.15, -0.1) is 0 Å². The summed E-state index contributed by atoms with van der Waals surface area (Å²) in [5.74, 6) is -1.13. The molecule has 0 aliphatic carbocycles. The number of halogens is 2. The van der Waals surface area contributed by atoms with Crippen LogP contribution in [0.2, 0.25) is 0 Å². The summed E-state index contributed by atoms with van der Waals surface area (Å²) in [7, 11) is 0. The van der Waals surface area contributed by atoms with Gasteiger partial charge in [0.2, 0.25) is 0 Å². The van der Waals surface area contributed by atoms with Gasteiger partial charge in [-0.25, -0.2) is 8.78 Å². The lowest BCUT2D eigenvalue weighted by molar-refractivity contribution is 0.0710. The average Bonchev–Trinajstić information content (AvgIpc) is 2.58. The largest absolute Gasteiger partial charge is 0.378 e. The van der Waals surface area contributed by atoms with Crippen LogP contribution >= 0.6 is 0 Å². The molecule has 1 aliphatic rings. The van der Waals surface area contributed by atoms with Crippen LogP contribution < -0.4 is 5.32 Å². The molecule has 0 saturated carbocycles. The lowest BCUT2D eigenvalue weighted by atomic mass is 10.0. The van der Waals surface area contributed by atoms with Gasteiger partial charge in [-0.3, -0.25) is 4.79 Å². The molecular weight excluding hydrogens is 310 g/mol. The van der Waals surface area contributed by atoms with Crippen LogP contribution in [0.15, 0.2) is 42.5 Å². The quantitative estimate of drug-likeness (QED) is 0.923. The normalized spacial score (nSPS) is 17.6. The Balaban J connectivity index is 1.71. The second-order valence-electron chi connectivity index (χ2n) is 6.20. The van der Waals surface area contributed by atoms with E-state index in [1.165, 1.54) is 18.2 Å². The Hall–Kier alpha value is -2.43. The van der Waals surface area contributed by atoms with Crippen molar-refractivity contribution < 1.29 is 13.6 Å². The van der Waals surface area contributed by atoms with Crippen molar-refractivity contribution in [3.8, 4) is 0 Å². The van der Waals surface area contributed by atoms with E-state index in [0.29, 0.717) is 18.8 Å². The van der Waals surface area contributed by atoms with Crippen molar-refractivity contribution in [2.45, 2.75) is 25.8 Å². The minimum Gasteiger partial charge on any atom is -0.378 e. The topological polar surface area (TPSA) is 32.3 Å². The molecule has 24 heavy (non-hydrogen) atoms. The van der Waals surface area contributed by atoms with E-state index in [1.807, 2.05) is 6.92 Å². The van der Waals surface area contributed by atoms with Crippen molar-refractivity contribution in [2.24, 2.45) is 0 Å². The predicted molar refractivity (Wildman–Crippen MR) is 90.1 cm³/mol. The first-order chi connectivity index (χ1) is 11.5. The van der Waals surface area contributed by atoms with Gasteiger partial charge in [0.05, 0.1) is 11.3 Å². The molecule has 1 saturated heterocycles. The molecule has 1 N–H and O–H groups in total. The first-order valence-electron chi connectivity index (χ1n) is 8.11. The summed E-state index contributed by atoms with van der Waals surface area (Å²) in [5.41, 5.74) is 1.49. The van der Waals surface area contributed by atoms with E-state index >= 15 is 0 Å². The molecule has 3 rings (SSSR count). The van der Waals surface area contributed by atoms with E-state index in [2.05, 4.69) is 5.32 Å². The molecule has 1 unspecified atom stereocenters. The highest BCUT2D eigenvalue weighted by molar-refractivity contribution is 5.94. The van der Waals surface area contributed by atoms with Crippen LogP contribution in [0.4, 0.5) is 14.5 Å². The van der Waals surface area contributed by atoms with Crippen LogP contribution in [0.1, 0.15) is 28.8 Å². The number of carbonyl (C=O) groups is 1. The summed E-state index contributed by atoms with van der Waals surface area (Å²) in [4.78, 5) is 14.2. The standard InChI is InChI=1S/C19H20F2N2O/c1-13-8-9-17(21)18(11-13)22-14-5-4-10-23(12-14)19(24)15-6-2-3-7-16(15)20/h2-3,6-9,11,14,22H,4-5,10,12H2,1H3. The second kappa shape index (κ2) is 6.99. The number of piperidine rings is 1. The molecule has 0 aromatic heterocycles. The summed E-state index contributed by atoms with van der Waals surface area (Å²) in [6.07, 6.45) is 1.64. The molecule has 0 bridgehead atoms. The molecule has 5 heteroatoms. The van der Waals surface area contributed by atoms with Gasteiger partial charge < -0.3 is 10.2 Å². The van der Waals surface area contributed by atoms with Crippen molar-refractivity contribution in [3.63, 3.8) is 0 Å². The van der Waals surface area contributed by atoms with Crippen molar-refractivity contribution in [3.05, 3.63) is 65.2 Å². The lowest BCUT2D eigenvalue weighted by Gasteiger charge is -2.34. The van der Waals surface area contributed by atoms with E-state index in [-0.39, 0.29) is 23.3 Å². The van der Waals surface area contributed by atoms with Crippen LogP contribution in [0.25, 0.3) is 0 Å².